The summed E-state index contributed by atoms with van der Waals surface area (Å²) >= 11 is 0. The molecule has 2 heterocycles. The molecule has 0 amide bonds. The van der Waals surface area contributed by atoms with E-state index in [2.05, 4.69) is 25.6 Å². The van der Waals surface area contributed by atoms with Crippen molar-refractivity contribution < 1.29 is 0 Å². The van der Waals surface area contributed by atoms with Crippen LogP contribution in [0.4, 0.5) is 0 Å². The van der Waals surface area contributed by atoms with Gasteiger partial charge in [-0.15, -0.1) is 10.2 Å². The molecule has 0 spiro atoms. The smallest absolute Gasteiger partial charge is 0.204 e. The van der Waals surface area contributed by atoms with E-state index in [1.807, 2.05) is 30.3 Å². The maximum Gasteiger partial charge on any atom is 0.204 e. The lowest BCUT2D eigenvalue weighted by Gasteiger charge is -1.96. The Morgan fingerprint density at radius 2 is 1.71 bits per heavy atom. The van der Waals surface area contributed by atoms with Crippen molar-refractivity contribution >= 4 is 22.1 Å². The van der Waals surface area contributed by atoms with Crippen LogP contribution in [0.5, 0.6) is 0 Å². The fraction of sp³-hybridized carbons (Fsp3) is 0. The number of benzene rings is 1. The fourth-order valence-corrected chi connectivity index (χ4v) is 1.37. The van der Waals surface area contributed by atoms with Crippen LogP contribution in [-0.2, 0) is 0 Å². The first-order valence-corrected chi connectivity index (χ1v) is 4.15. The zero-order valence-corrected chi connectivity index (χ0v) is 7.12. The fourth-order valence-electron chi connectivity index (χ4n) is 1.37. The van der Waals surface area contributed by atoms with Crippen molar-refractivity contribution in [1.82, 2.24) is 25.6 Å². The quantitative estimate of drug-likeness (QED) is 0.486. The highest BCUT2D eigenvalue weighted by molar-refractivity contribution is 5.88. The van der Waals surface area contributed by atoms with E-state index in [1.165, 1.54) is 0 Å². The molecule has 0 atom stereocenters. The van der Waals surface area contributed by atoms with Crippen molar-refractivity contribution in [1.29, 1.82) is 0 Å². The van der Waals surface area contributed by atoms with E-state index < -0.39 is 0 Å². The summed E-state index contributed by atoms with van der Waals surface area (Å²) in [4.78, 5) is 4.30. The Kier molecular flexibility index (Phi) is 1.38. The van der Waals surface area contributed by atoms with E-state index >= 15 is 0 Å². The summed E-state index contributed by atoms with van der Waals surface area (Å²) in [6.07, 6.45) is 0. The molecule has 3 aromatic rings. The summed E-state index contributed by atoms with van der Waals surface area (Å²) in [5, 5.41) is 15.6. The second kappa shape index (κ2) is 2.66. The molecule has 0 aliphatic rings. The molecule has 1 aromatic carbocycles. The van der Waals surface area contributed by atoms with Gasteiger partial charge in [0, 0.05) is 5.39 Å². The van der Waals surface area contributed by atoms with E-state index in [1.54, 1.807) is 0 Å². The summed E-state index contributed by atoms with van der Waals surface area (Å²) in [5.74, 6) is 0. The molecule has 0 aliphatic heterocycles. The normalized spacial score (nSPS) is 10.9. The number of pyridine rings is 1. The molecule has 5 heteroatoms. The van der Waals surface area contributed by atoms with Gasteiger partial charge in [0.1, 0.15) is 5.52 Å². The van der Waals surface area contributed by atoms with Crippen molar-refractivity contribution in [2.45, 2.75) is 0 Å². The van der Waals surface area contributed by atoms with Gasteiger partial charge in [0.15, 0.2) is 0 Å². The molecule has 0 N–H and O–H groups in total. The molecule has 0 radical (unpaired) electrons. The Bertz CT molecular complexity index is 502. The topological polar surface area (TPSA) is 64.5 Å². The number of hydrogen-bond acceptors (Lipinski definition) is 5. The number of nitrogens with zero attached hydrogens (tertiary/aromatic N) is 5. The van der Waals surface area contributed by atoms with Gasteiger partial charge in [-0.1, -0.05) is 18.2 Å². The molecule has 0 bridgehead atoms. The average molecular weight is 183 g/mol. The molecule has 0 saturated heterocycles. The van der Waals surface area contributed by atoms with Gasteiger partial charge < -0.3 is 0 Å². The molecular formula is C9H5N5. The summed E-state index contributed by atoms with van der Waals surface area (Å²) in [7, 11) is 0. The third kappa shape index (κ3) is 0.990. The third-order valence-electron chi connectivity index (χ3n) is 2.02. The maximum atomic E-state index is 4.30. The predicted molar refractivity (Wildman–Crippen MR) is 50.4 cm³/mol. The van der Waals surface area contributed by atoms with Gasteiger partial charge >= 0.3 is 0 Å². The van der Waals surface area contributed by atoms with Gasteiger partial charge in [0.05, 0.1) is 5.52 Å². The molecule has 0 fully saturated rings. The first-order valence-electron chi connectivity index (χ1n) is 4.15. The predicted octanol–water partition coefficient (Wildman–Crippen LogP) is 0.968. The highest BCUT2D eigenvalue weighted by Gasteiger charge is 2.00. The van der Waals surface area contributed by atoms with Gasteiger partial charge in [-0.3, -0.25) is 0 Å². The van der Waals surface area contributed by atoms with Gasteiger partial charge in [0.2, 0.25) is 5.65 Å². The molecule has 0 saturated carbocycles. The van der Waals surface area contributed by atoms with Crippen molar-refractivity contribution in [2.75, 3.05) is 0 Å². The Morgan fingerprint density at radius 3 is 2.71 bits per heavy atom. The van der Waals surface area contributed by atoms with Gasteiger partial charge in [-0.2, -0.15) is 0 Å². The highest BCUT2D eigenvalue weighted by atomic mass is 15.4. The minimum Gasteiger partial charge on any atom is -0.225 e. The monoisotopic (exact) mass is 183 g/mol. The zero-order valence-electron chi connectivity index (χ0n) is 7.12. The van der Waals surface area contributed by atoms with Crippen LogP contribution < -0.4 is 0 Å². The molecule has 0 unspecified atom stereocenters. The first-order chi connectivity index (χ1) is 6.93. The van der Waals surface area contributed by atoms with Gasteiger partial charge in [0.25, 0.3) is 0 Å². The SMILES string of the molecule is c1ccc2nc3nnnnc3cc2c1. The van der Waals surface area contributed by atoms with Crippen LogP contribution in [0.1, 0.15) is 0 Å². The second-order valence-corrected chi connectivity index (χ2v) is 2.90. The first kappa shape index (κ1) is 7.25. The number of aromatic nitrogens is 5. The largest absolute Gasteiger partial charge is 0.225 e. The lowest BCUT2D eigenvalue weighted by Crippen LogP contribution is -1.94. The Hall–Kier alpha value is -2.17. The zero-order chi connectivity index (χ0) is 9.38. The molecular weight excluding hydrogens is 178 g/mol. The Labute approximate surface area is 78.8 Å². The van der Waals surface area contributed by atoms with Crippen LogP contribution in [0, 0.1) is 0 Å². The second-order valence-electron chi connectivity index (χ2n) is 2.90. The molecule has 5 nitrogen and oxygen atoms in total. The number of fused-ring (bicyclic) bond motifs is 2. The van der Waals surface area contributed by atoms with E-state index in [-0.39, 0.29) is 0 Å². The van der Waals surface area contributed by atoms with Crippen LogP contribution in [0.25, 0.3) is 22.1 Å². The van der Waals surface area contributed by atoms with Crippen molar-refractivity contribution in [3.63, 3.8) is 0 Å². The number of rotatable bonds is 0. The van der Waals surface area contributed by atoms with Gasteiger partial charge in [-0.05, 0) is 22.6 Å². The van der Waals surface area contributed by atoms with Crippen LogP contribution in [-0.4, -0.2) is 25.6 Å². The van der Waals surface area contributed by atoms with Crippen molar-refractivity contribution in [2.24, 2.45) is 0 Å². The highest BCUT2D eigenvalue weighted by Crippen LogP contribution is 2.14. The van der Waals surface area contributed by atoms with Crippen molar-refractivity contribution in [3.8, 4) is 0 Å². The summed E-state index contributed by atoms with van der Waals surface area (Å²) in [6, 6.07) is 9.70. The summed E-state index contributed by atoms with van der Waals surface area (Å²) in [5.41, 5.74) is 2.08. The lowest BCUT2D eigenvalue weighted by atomic mass is 10.2. The number of para-hydroxylation sites is 1. The molecule has 14 heavy (non-hydrogen) atoms. The lowest BCUT2D eigenvalue weighted by molar-refractivity contribution is 0.792. The summed E-state index contributed by atoms with van der Waals surface area (Å²) < 4.78 is 0. The molecule has 66 valence electrons. The van der Waals surface area contributed by atoms with E-state index in [4.69, 9.17) is 0 Å². The minimum atomic E-state index is 0.527. The van der Waals surface area contributed by atoms with E-state index in [0.717, 1.165) is 10.9 Å². The van der Waals surface area contributed by atoms with Crippen LogP contribution in [0.15, 0.2) is 30.3 Å². The average Bonchev–Trinajstić information content (AvgIpc) is 2.26. The molecule has 0 aliphatic carbocycles. The van der Waals surface area contributed by atoms with Crippen LogP contribution in [0.3, 0.4) is 0 Å². The molecule has 3 rings (SSSR count). The van der Waals surface area contributed by atoms with Crippen LogP contribution >= 0.6 is 0 Å². The van der Waals surface area contributed by atoms with E-state index in [0.29, 0.717) is 11.2 Å². The Morgan fingerprint density at radius 1 is 0.857 bits per heavy atom. The Balaban J connectivity index is 2.52. The maximum absolute atomic E-state index is 4.30. The minimum absolute atomic E-state index is 0.527. The standard InChI is InChI=1S/C9H5N5/c1-2-4-7-6(3-1)5-8-9(10-7)12-14-13-11-8/h1-5H. The third-order valence-corrected chi connectivity index (χ3v) is 2.02. The van der Waals surface area contributed by atoms with Gasteiger partial charge in [-0.25, -0.2) is 4.98 Å². The van der Waals surface area contributed by atoms with Crippen molar-refractivity contribution in [3.05, 3.63) is 30.3 Å². The van der Waals surface area contributed by atoms with Crippen LogP contribution in [0.2, 0.25) is 0 Å². The molecule has 2 aromatic heterocycles. The number of hydrogen-bond donors (Lipinski definition) is 0. The summed E-state index contributed by atoms with van der Waals surface area (Å²) in [6.45, 7) is 0. The van der Waals surface area contributed by atoms with E-state index in [9.17, 15) is 0 Å².